The Morgan fingerprint density at radius 2 is 1.57 bits per heavy atom. The van der Waals surface area contributed by atoms with Crippen molar-refractivity contribution in [2.24, 2.45) is 10.2 Å². The third-order valence-corrected chi connectivity index (χ3v) is 3.27. The van der Waals surface area contributed by atoms with Gasteiger partial charge >= 0.3 is 0 Å². The van der Waals surface area contributed by atoms with Crippen LogP contribution in [0, 0.1) is 6.92 Å². The summed E-state index contributed by atoms with van der Waals surface area (Å²) < 4.78 is 5.13. The molecule has 0 aliphatic heterocycles. The second-order valence-corrected chi connectivity index (χ2v) is 4.93. The molecule has 0 atom stereocenters. The van der Waals surface area contributed by atoms with Crippen molar-refractivity contribution in [2.75, 3.05) is 5.32 Å². The van der Waals surface area contributed by atoms with Crippen LogP contribution in [-0.2, 0) is 0 Å². The molecule has 3 aromatic rings. The lowest BCUT2D eigenvalue weighted by atomic mass is 10.2. The number of anilines is 1. The van der Waals surface area contributed by atoms with Crippen LogP contribution >= 0.6 is 0 Å². The van der Waals surface area contributed by atoms with Gasteiger partial charge in [0.2, 0.25) is 0 Å². The molecular weight excluding hydrogens is 290 g/mol. The predicted octanol–water partition coefficient (Wildman–Crippen LogP) is 5.26. The highest BCUT2D eigenvalue weighted by Crippen LogP contribution is 2.20. The van der Waals surface area contributed by atoms with Gasteiger partial charge in [-0.15, -0.1) is 0 Å². The van der Waals surface area contributed by atoms with Crippen LogP contribution in [0.4, 0.5) is 17.1 Å². The normalized spacial score (nSPS) is 10.8. The maximum Gasteiger partial charge on any atom is 0.259 e. The minimum atomic E-state index is -0.199. The Kier molecular flexibility index (Phi) is 4.29. The van der Waals surface area contributed by atoms with Crippen molar-refractivity contribution >= 4 is 23.0 Å². The van der Waals surface area contributed by atoms with Gasteiger partial charge in [-0.1, -0.05) is 18.2 Å². The van der Waals surface area contributed by atoms with Crippen molar-refractivity contribution in [3.8, 4) is 0 Å². The molecule has 5 heteroatoms. The van der Waals surface area contributed by atoms with Gasteiger partial charge < -0.3 is 9.73 Å². The summed E-state index contributed by atoms with van der Waals surface area (Å²) in [6.45, 7) is 1.75. The smallest absolute Gasteiger partial charge is 0.259 e. The first kappa shape index (κ1) is 14.7. The number of rotatable bonds is 4. The lowest BCUT2D eigenvalue weighted by molar-refractivity contribution is 0.102. The van der Waals surface area contributed by atoms with E-state index in [0.29, 0.717) is 22.7 Å². The van der Waals surface area contributed by atoms with Gasteiger partial charge in [-0.05, 0) is 49.4 Å². The summed E-state index contributed by atoms with van der Waals surface area (Å²) in [6, 6.07) is 18.3. The van der Waals surface area contributed by atoms with Crippen LogP contribution in [0.1, 0.15) is 16.1 Å². The van der Waals surface area contributed by atoms with Crippen LogP contribution in [0.25, 0.3) is 0 Å². The molecule has 0 spiro atoms. The Bertz CT molecular complexity index is 821. The Morgan fingerprint density at radius 1 is 0.913 bits per heavy atom. The molecule has 23 heavy (non-hydrogen) atoms. The number of azo groups is 1. The van der Waals surface area contributed by atoms with Crippen LogP contribution in [0.2, 0.25) is 0 Å². The molecule has 2 aromatic carbocycles. The number of benzene rings is 2. The fourth-order valence-corrected chi connectivity index (χ4v) is 2.04. The first-order valence-corrected chi connectivity index (χ1v) is 7.15. The lowest BCUT2D eigenvalue weighted by Gasteiger charge is -2.04. The highest BCUT2D eigenvalue weighted by atomic mass is 16.3. The van der Waals surface area contributed by atoms with Crippen molar-refractivity contribution < 1.29 is 9.21 Å². The van der Waals surface area contributed by atoms with Crippen LogP contribution in [0.3, 0.4) is 0 Å². The first-order valence-electron chi connectivity index (χ1n) is 7.15. The summed E-state index contributed by atoms with van der Waals surface area (Å²) in [5.74, 6) is 0.394. The van der Waals surface area contributed by atoms with E-state index in [9.17, 15) is 4.79 Å². The lowest BCUT2D eigenvalue weighted by Crippen LogP contribution is -2.11. The molecule has 5 nitrogen and oxygen atoms in total. The zero-order valence-electron chi connectivity index (χ0n) is 12.6. The summed E-state index contributed by atoms with van der Waals surface area (Å²) in [5, 5.41) is 11.1. The molecule has 0 bridgehead atoms. The van der Waals surface area contributed by atoms with E-state index in [-0.39, 0.29) is 5.91 Å². The molecule has 0 fully saturated rings. The quantitative estimate of drug-likeness (QED) is 0.668. The Labute approximate surface area is 133 Å². The third-order valence-electron chi connectivity index (χ3n) is 3.27. The van der Waals surface area contributed by atoms with Crippen molar-refractivity contribution in [1.82, 2.24) is 0 Å². The molecule has 0 aliphatic rings. The predicted molar refractivity (Wildman–Crippen MR) is 88.5 cm³/mol. The molecule has 1 N–H and O–H groups in total. The fourth-order valence-electron chi connectivity index (χ4n) is 2.04. The third kappa shape index (κ3) is 3.71. The van der Waals surface area contributed by atoms with Gasteiger partial charge in [0, 0.05) is 5.69 Å². The number of nitrogens with one attached hydrogen (secondary N) is 1. The van der Waals surface area contributed by atoms with Crippen LogP contribution in [0.5, 0.6) is 0 Å². The Balaban J connectivity index is 1.67. The van der Waals surface area contributed by atoms with Crippen LogP contribution in [-0.4, -0.2) is 5.91 Å². The van der Waals surface area contributed by atoms with E-state index in [2.05, 4.69) is 15.5 Å². The molecular formula is C18H15N3O2. The standard InChI is InChI=1S/C18H15N3O2/c1-13-17(11-12-23-13)18(22)19-14-7-9-16(10-8-14)21-20-15-5-3-2-4-6-15/h2-12H,1H3,(H,19,22). The van der Waals surface area contributed by atoms with E-state index in [1.807, 2.05) is 30.3 Å². The summed E-state index contributed by atoms with van der Waals surface area (Å²) in [7, 11) is 0. The SMILES string of the molecule is Cc1occc1C(=O)Nc1ccc(N=Nc2ccccc2)cc1. The van der Waals surface area contributed by atoms with Crippen molar-refractivity contribution in [3.05, 3.63) is 78.3 Å². The monoisotopic (exact) mass is 305 g/mol. The molecule has 0 saturated carbocycles. The second kappa shape index (κ2) is 6.70. The van der Waals surface area contributed by atoms with Crippen molar-refractivity contribution in [1.29, 1.82) is 0 Å². The number of hydrogen-bond donors (Lipinski definition) is 1. The van der Waals surface area contributed by atoms with Gasteiger partial charge in [0.15, 0.2) is 0 Å². The number of carbonyl (C=O) groups is 1. The van der Waals surface area contributed by atoms with Crippen molar-refractivity contribution in [2.45, 2.75) is 6.92 Å². The molecule has 1 amide bonds. The van der Waals surface area contributed by atoms with Crippen LogP contribution in [0.15, 0.2) is 81.6 Å². The van der Waals surface area contributed by atoms with E-state index >= 15 is 0 Å². The summed E-state index contributed by atoms with van der Waals surface area (Å²) in [6.07, 6.45) is 1.50. The molecule has 0 aliphatic carbocycles. The minimum absolute atomic E-state index is 0.199. The Hall–Kier alpha value is -3.21. The number of carbonyl (C=O) groups excluding carboxylic acids is 1. The zero-order chi connectivity index (χ0) is 16.1. The minimum Gasteiger partial charge on any atom is -0.469 e. The molecule has 3 rings (SSSR count). The number of aryl methyl sites for hydroxylation is 1. The molecule has 0 saturated heterocycles. The zero-order valence-corrected chi connectivity index (χ0v) is 12.6. The molecule has 0 unspecified atom stereocenters. The van der Waals surface area contributed by atoms with E-state index < -0.39 is 0 Å². The Morgan fingerprint density at radius 3 is 2.17 bits per heavy atom. The second-order valence-electron chi connectivity index (χ2n) is 4.93. The highest BCUT2D eigenvalue weighted by Gasteiger charge is 2.11. The largest absolute Gasteiger partial charge is 0.469 e. The first-order chi connectivity index (χ1) is 11.2. The van der Waals surface area contributed by atoms with Gasteiger partial charge in [0.25, 0.3) is 5.91 Å². The van der Waals surface area contributed by atoms with Gasteiger partial charge in [-0.3, -0.25) is 4.79 Å². The van der Waals surface area contributed by atoms with E-state index in [0.717, 1.165) is 5.69 Å². The molecule has 1 aromatic heterocycles. The van der Waals surface area contributed by atoms with Gasteiger partial charge in [-0.2, -0.15) is 10.2 Å². The molecule has 1 heterocycles. The number of nitrogens with zero attached hydrogens (tertiary/aromatic N) is 2. The van der Waals surface area contributed by atoms with Crippen LogP contribution < -0.4 is 5.32 Å². The fraction of sp³-hybridized carbons (Fsp3) is 0.0556. The van der Waals surface area contributed by atoms with E-state index in [1.165, 1.54) is 6.26 Å². The molecule has 114 valence electrons. The highest BCUT2D eigenvalue weighted by molar-refractivity contribution is 6.04. The maximum atomic E-state index is 12.1. The van der Waals surface area contributed by atoms with E-state index in [1.54, 1.807) is 37.3 Å². The van der Waals surface area contributed by atoms with Gasteiger partial charge in [0.05, 0.1) is 23.2 Å². The average molecular weight is 305 g/mol. The maximum absolute atomic E-state index is 12.1. The number of furan rings is 1. The summed E-state index contributed by atoms with van der Waals surface area (Å²) >= 11 is 0. The molecule has 0 radical (unpaired) electrons. The van der Waals surface area contributed by atoms with E-state index in [4.69, 9.17) is 4.42 Å². The van der Waals surface area contributed by atoms with Crippen molar-refractivity contribution in [3.63, 3.8) is 0 Å². The number of hydrogen-bond acceptors (Lipinski definition) is 4. The average Bonchev–Trinajstić information content (AvgIpc) is 3.01. The van der Waals surface area contributed by atoms with Gasteiger partial charge in [0.1, 0.15) is 5.76 Å². The van der Waals surface area contributed by atoms with Gasteiger partial charge in [-0.25, -0.2) is 0 Å². The summed E-state index contributed by atoms with van der Waals surface area (Å²) in [5.41, 5.74) is 2.72. The number of amides is 1. The topological polar surface area (TPSA) is 67.0 Å². The summed E-state index contributed by atoms with van der Waals surface area (Å²) in [4.78, 5) is 12.1.